The summed E-state index contributed by atoms with van der Waals surface area (Å²) in [6, 6.07) is 2.81. The zero-order valence-corrected chi connectivity index (χ0v) is 18.4. The van der Waals surface area contributed by atoms with Gasteiger partial charge in [-0.25, -0.2) is 4.98 Å². The second kappa shape index (κ2) is 9.74. The number of aromatic nitrogens is 2. The van der Waals surface area contributed by atoms with Crippen molar-refractivity contribution in [2.45, 2.75) is 52.1 Å². The fourth-order valence-electron chi connectivity index (χ4n) is 3.54. The van der Waals surface area contributed by atoms with Crippen LogP contribution in [0.5, 0.6) is 5.88 Å². The van der Waals surface area contributed by atoms with Crippen molar-refractivity contribution in [3.8, 4) is 5.88 Å². The van der Waals surface area contributed by atoms with E-state index in [0.29, 0.717) is 27.9 Å². The predicted octanol–water partition coefficient (Wildman–Crippen LogP) is 2.48. The van der Waals surface area contributed by atoms with Crippen LogP contribution in [0.4, 0.5) is 13.2 Å². The van der Waals surface area contributed by atoms with Gasteiger partial charge in [-0.1, -0.05) is 0 Å². The molecule has 0 spiro atoms. The first-order chi connectivity index (χ1) is 15.5. The van der Waals surface area contributed by atoms with Crippen molar-refractivity contribution in [2.24, 2.45) is 0 Å². The fraction of sp³-hybridized carbons (Fsp3) is 0.455. The van der Waals surface area contributed by atoms with Crippen molar-refractivity contribution in [3.05, 3.63) is 52.5 Å². The zero-order valence-electron chi connectivity index (χ0n) is 18.4. The van der Waals surface area contributed by atoms with Crippen LogP contribution < -0.4 is 10.1 Å². The van der Waals surface area contributed by atoms with E-state index >= 15 is 0 Å². The van der Waals surface area contributed by atoms with Crippen molar-refractivity contribution < 1.29 is 32.6 Å². The summed E-state index contributed by atoms with van der Waals surface area (Å²) in [5.41, 5.74) is 2.63. The Bertz CT molecular complexity index is 1040. The van der Waals surface area contributed by atoms with Crippen LogP contribution in [0.1, 0.15) is 52.6 Å². The second-order valence-corrected chi connectivity index (χ2v) is 8.02. The van der Waals surface area contributed by atoms with Gasteiger partial charge in [0.2, 0.25) is 11.8 Å². The summed E-state index contributed by atoms with van der Waals surface area (Å²) in [5, 5.41) is 11.9. The first-order valence-corrected chi connectivity index (χ1v) is 10.3. The monoisotopic (exact) mass is 466 g/mol. The molecule has 3 rings (SSSR count). The number of aryl methyl sites for hydroxylation is 1. The Labute approximate surface area is 188 Å². The highest BCUT2D eigenvalue weighted by Gasteiger charge is 2.34. The molecular weight excluding hydrogens is 441 g/mol. The summed E-state index contributed by atoms with van der Waals surface area (Å²) < 4.78 is 42.0. The van der Waals surface area contributed by atoms with Crippen molar-refractivity contribution >= 4 is 11.8 Å². The van der Waals surface area contributed by atoms with E-state index in [4.69, 9.17) is 4.74 Å². The lowest BCUT2D eigenvalue weighted by Gasteiger charge is -2.25. The molecule has 2 aromatic rings. The second-order valence-electron chi connectivity index (χ2n) is 8.02. The number of alkyl halides is 3. The Morgan fingerprint density at radius 3 is 2.70 bits per heavy atom. The maximum Gasteiger partial charge on any atom is 0.422 e. The number of halogens is 3. The molecular formula is C22H25F3N4O4. The predicted molar refractivity (Wildman–Crippen MR) is 111 cm³/mol. The largest absolute Gasteiger partial charge is 0.468 e. The molecule has 1 unspecified atom stereocenters. The van der Waals surface area contributed by atoms with Gasteiger partial charge < -0.3 is 20.1 Å². The molecule has 2 aromatic heterocycles. The van der Waals surface area contributed by atoms with Crippen LogP contribution in [-0.4, -0.2) is 57.2 Å². The van der Waals surface area contributed by atoms with Gasteiger partial charge in [0.15, 0.2) is 6.61 Å². The number of carbonyl (C=O) groups is 2. The number of nitrogens with one attached hydrogen (secondary N) is 1. The van der Waals surface area contributed by atoms with E-state index in [2.05, 4.69) is 15.3 Å². The summed E-state index contributed by atoms with van der Waals surface area (Å²) in [6.45, 7) is 3.85. The van der Waals surface area contributed by atoms with Crippen LogP contribution in [0.25, 0.3) is 0 Å². The number of fused-ring (bicyclic) bond motifs is 1. The highest BCUT2D eigenvalue weighted by Crippen LogP contribution is 2.33. The molecule has 0 aromatic carbocycles. The van der Waals surface area contributed by atoms with Crippen molar-refractivity contribution in [3.63, 3.8) is 0 Å². The van der Waals surface area contributed by atoms with Gasteiger partial charge in [-0.05, 0) is 38.5 Å². The van der Waals surface area contributed by atoms with E-state index < -0.39 is 24.9 Å². The van der Waals surface area contributed by atoms with Gasteiger partial charge >= 0.3 is 6.18 Å². The SMILES string of the molecule is Cc1cc(C(C)N2Cc3c(ccnc3CC(=O)NC[C@@H](C)O)C2=O)cnc1OCC(F)(F)F. The Morgan fingerprint density at radius 2 is 2.06 bits per heavy atom. The minimum atomic E-state index is -4.47. The maximum absolute atomic E-state index is 13.0. The van der Waals surface area contributed by atoms with Gasteiger partial charge in [0.05, 0.1) is 24.3 Å². The summed E-state index contributed by atoms with van der Waals surface area (Å²) in [5.74, 6) is -0.667. The number of nitrogens with zero attached hydrogens (tertiary/aromatic N) is 3. The van der Waals surface area contributed by atoms with Gasteiger partial charge in [0, 0.05) is 42.2 Å². The number of hydrogen-bond donors (Lipinski definition) is 2. The number of pyridine rings is 2. The molecule has 1 aliphatic heterocycles. The third kappa shape index (κ3) is 5.98. The van der Waals surface area contributed by atoms with Crippen LogP contribution in [0.15, 0.2) is 24.5 Å². The fourth-order valence-corrected chi connectivity index (χ4v) is 3.54. The van der Waals surface area contributed by atoms with Crippen LogP contribution in [-0.2, 0) is 17.8 Å². The third-order valence-electron chi connectivity index (χ3n) is 5.26. The highest BCUT2D eigenvalue weighted by molar-refractivity contribution is 5.99. The molecule has 0 bridgehead atoms. The van der Waals surface area contributed by atoms with E-state index in [-0.39, 0.29) is 37.2 Å². The van der Waals surface area contributed by atoms with Crippen molar-refractivity contribution in [2.75, 3.05) is 13.2 Å². The average Bonchev–Trinajstić information content (AvgIpc) is 3.08. The Hall–Kier alpha value is -3.21. The van der Waals surface area contributed by atoms with Gasteiger partial charge in [0.25, 0.3) is 5.91 Å². The van der Waals surface area contributed by atoms with Crippen LogP contribution in [0.2, 0.25) is 0 Å². The molecule has 0 fully saturated rings. The van der Waals surface area contributed by atoms with E-state index in [0.717, 1.165) is 0 Å². The molecule has 2 N–H and O–H groups in total. The molecule has 3 heterocycles. The number of aliphatic hydroxyl groups is 1. The number of rotatable bonds is 8. The van der Waals surface area contributed by atoms with Gasteiger partial charge in [-0.3, -0.25) is 14.6 Å². The summed E-state index contributed by atoms with van der Waals surface area (Å²) in [6.07, 6.45) is -2.31. The topological polar surface area (TPSA) is 105 Å². The molecule has 178 valence electrons. The lowest BCUT2D eigenvalue weighted by molar-refractivity contribution is -0.154. The summed E-state index contributed by atoms with van der Waals surface area (Å²) >= 11 is 0. The zero-order chi connectivity index (χ0) is 24.3. The number of aliphatic hydroxyl groups excluding tert-OH is 1. The van der Waals surface area contributed by atoms with E-state index in [1.165, 1.54) is 12.4 Å². The van der Waals surface area contributed by atoms with Crippen LogP contribution in [0.3, 0.4) is 0 Å². The normalized spacial score (nSPS) is 15.2. The minimum absolute atomic E-state index is 0.0305. The smallest absolute Gasteiger partial charge is 0.422 e. The van der Waals surface area contributed by atoms with Gasteiger partial charge in [-0.15, -0.1) is 0 Å². The Morgan fingerprint density at radius 1 is 1.33 bits per heavy atom. The van der Waals surface area contributed by atoms with Crippen molar-refractivity contribution in [1.82, 2.24) is 20.2 Å². The third-order valence-corrected chi connectivity index (χ3v) is 5.26. The highest BCUT2D eigenvalue weighted by atomic mass is 19.4. The molecule has 8 nitrogen and oxygen atoms in total. The quantitative estimate of drug-likeness (QED) is 0.620. The molecule has 1 aliphatic rings. The van der Waals surface area contributed by atoms with Crippen LogP contribution in [0, 0.1) is 6.92 Å². The Kier molecular flexibility index (Phi) is 7.21. The molecule has 0 aliphatic carbocycles. The van der Waals surface area contributed by atoms with E-state index in [9.17, 15) is 27.9 Å². The number of carbonyl (C=O) groups excluding carboxylic acids is 2. The minimum Gasteiger partial charge on any atom is -0.468 e. The van der Waals surface area contributed by atoms with Crippen LogP contribution >= 0.6 is 0 Å². The lowest BCUT2D eigenvalue weighted by atomic mass is 10.1. The first-order valence-electron chi connectivity index (χ1n) is 10.3. The maximum atomic E-state index is 13.0. The molecule has 2 amide bonds. The number of amides is 2. The van der Waals surface area contributed by atoms with E-state index in [1.807, 2.05) is 0 Å². The molecule has 11 heteroatoms. The molecule has 33 heavy (non-hydrogen) atoms. The number of ether oxygens (including phenoxy) is 1. The average molecular weight is 466 g/mol. The molecule has 0 saturated heterocycles. The van der Waals surface area contributed by atoms with Gasteiger partial charge in [-0.2, -0.15) is 13.2 Å². The lowest BCUT2D eigenvalue weighted by Crippen LogP contribution is -2.32. The van der Waals surface area contributed by atoms with E-state index in [1.54, 1.807) is 37.8 Å². The van der Waals surface area contributed by atoms with Crippen molar-refractivity contribution in [1.29, 1.82) is 0 Å². The molecule has 0 saturated carbocycles. The molecule has 0 radical (unpaired) electrons. The van der Waals surface area contributed by atoms with Gasteiger partial charge in [0.1, 0.15) is 0 Å². The number of hydrogen-bond acceptors (Lipinski definition) is 6. The Balaban J connectivity index is 1.74. The standard InChI is InChI=1S/C22H25F3N4O4/c1-12-6-15(9-28-20(12)33-11-22(23,24)25)14(3)29-10-17-16(21(29)32)4-5-26-18(17)7-19(31)27-8-13(2)30/h4-6,9,13-14,30H,7-8,10-11H2,1-3H3,(H,27,31)/t13-,14?/m1/s1. The summed E-state index contributed by atoms with van der Waals surface area (Å²) in [7, 11) is 0. The first kappa shape index (κ1) is 24.4. The summed E-state index contributed by atoms with van der Waals surface area (Å²) in [4.78, 5) is 35.0. The molecule has 2 atom stereocenters.